The average Bonchev–Trinajstić information content (AvgIpc) is 3.38. The molecule has 3 aromatic heterocycles. The van der Waals surface area contributed by atoms with E-state index < -0.39 is 0 Å². The summed E-state index contributed by atoms with van der Waals surface area (Å²) in [7, 11) is 0. The van der Waals surface area contributed by atoms with E-state index in [-0.39, 0.29) is 23.8 Å². The minimum absolute atomic E-state index is 0.0703. The summed E-state index contributed by atoms with van der Waals surface area (Å²) in [4.78, 5) is 27.7. The zero-order valence-electron chi connectivity index (χ0n) is 19.2. The fourth-order valence-electron chi connectivity index (χ4n) is 5.51. The first kappa shape index (κ1) is 21.0. The number of amides is 1. The molecule has 0 saturated carbocycles. The van der Waals surface area contributed by atoms with Crippen LogP contribution in [0.2, 0.25) is 0 Å². The van der Waals surface area contributed by atoms with Crippen molar-refractivity contribution in [2.24, 2.45) is 5.92 Å². The van der Waals surface area contributed by atoms with Gasteiger partial charge in [0.15, 0.2) is 0 Å². The third kappa shape index (κ3) is 3.39. The van der Waals surface area contributed by atoms with Crippen LogP contribution in [0.5, 0.6) is 0 Å². The summed E-state index contributed by atoms with van der Waals surface area (Å²) in [5.41, 5.74) is 5.70. The van der Waals surface area contributed by atoms with Gasteiger partial charge < -0.3 is 10.3 Å². The smallest absolute Gasteiger partial charge is 0.253 e. The van der Waals surface area contributed by atoms with Crippen LogP contribution in [0, 0.1) is 18.7 Å². The van der Waals surface area contributed by atoms with Crippen molar-refractivity contribution in [1.82, 2.24) is 25.2 Å². The van der Waals surface area contributed by atoms with Crippen molar-refractivity contribution in [2.75, 3.05) is 13.1 Å². The molecule has 172 valence electrons. The fourth-order valence-corrected chi connectivity index (χ4v) is 5.51. The number of carbonyl (C=O) groups excluding carboxylic acids is 1. The van der Waals surface area contributed by atoms with Crippen LogP contribution >= 0.6 is 0 Å². The SMILES string of the molecule is Cc1c[nH]c2nccc(-c3ccc(C(=O)N[C@@H]4c5c(F)cccc5C[C@H]4N4CC(C)C4)cn3)c12. The van der Waals surface area contributed by atoms with Crippen molar-refractivity contribution in [3.05, 3.63) is 83.1 Å². The Morgan fingerprint density at radius 1 is 1.18 bits per heavy atom. The number of carbonyl (C=O) groups is 1. The van der Waals surface area contributed by atoms with Gasteiger partial charge in [-0.05, 0) is 54.7 Å². The fraction of sp³-hybridized carbons (Fsp3) is 0.296. The number of rotatable bonds is 4. The number of fused-ring (bicyclic) bond motifs is 2. The van der Waals surface area contributed by atoms with Crippen LogP contribution in [0.3, 0.4) is 0 Å². The minimum atomic E-state index is -0.377. The van der Waals surface area contributed by atoms with Gasteiger partial charge in [0, 0.05) is 54.2 Å². The highest BCUT2D eigenvalue weighted by molar-refractivity contribution is 5.96. The molecule has 4 heterocycles. The maximum Gasteiger partial charge on any atom is 0.253 e. The van der Waals surface area contributed by atoms with Crippen LogP contribution in [0.1, 0.15) is 40.0 Å². The molecule has 1 aliphatic heterocycles. The minimum Gasteiger partial charge on any atom is -0.346 e. The monoisotopic (exact) mass is 455 g/mol. The lowest BCUT2D eigenvalue weighted by Gasteiger charge is -2.44. The van der Waals surface area contributed by atoms with E-state index in [0.717, 1.165) is 52.9 Å². The molecule has 2 N–H and O–H groups in total. The zero-order valence-corrected chi connectivity index (χ0v) is 19.2. The van der Waals surface area contributed by atoms with Crippen molar-refractivity contribution in [1.29, 1.82) is 0 Å². The van der Waals surface area contributed by atoms with E-state index in [9.17, 15) is 9.18 Å². The van der Waals surface area contributed by atoms with Gasteiger partial charge in [-0.2, -0.15) is 0 Å². The van der Waals surface area contributed by atoms with Gasteiger partial charge in [-0.25, -0.2) is 9.37 Å². The Kier molecular flexibility index (Phi) is 4.95. The molecular weight excluding hydrogens is 429 g/mol. The van der Waals surface area contributed by atoms with Gasteiger partial charge >= 0.3 is 0 Å². The van der Waals surface area contributed by atoms with Crippen LogP contribution in [0.15, 0.2) is 55.0 Å². The number of nitrogens with zero attached hydrogens (tertiary/aromatic N) is 3. The third-order valence-corrected chi connectivity index (χ3v) is 7.19. The molecule has 4 aromatic rings. The summed E-state index contributed by atoms with van der Waals surface area (Å²) >= 11 is 0. The van der Waals surface area contributed by atoms with Crippen molar-refractivity contribution >= 4 is 16.9 Å². The number of hydrogen-bond donors (Lipinski definition) is 2. The number of hydrogen-bond acceptors (Lipinski definition) is 4. The van der Waals surface area contributed by atoms with E-state index in [4.69, 9.17) is 0 Å². The second-order valence-corrected chi connectivity index (χ2v) is 9.58. The Bertz CT molecular complexity index is 1390. The number of H-pyrrole nitrogens is 1. The number of aromatic nitrogens is 3. The lowest BCUT2D eigenvalue weighted by Crippen LogP contribution is -2.54. The number of benzene rings is 1. The van der Waals surface area contributed by atoms with Crippen molar-refractivity contribution < 1.29 is 9.18 Å². The van der Waals surface area contributed by atoms with E-state index in [1.165, 1.54) is 6.07 Å². The second-order valence-electron chi connectivity index (χ2n) is 9.58. The van der Waals surface area contributed by atoms with Gasteiger partial charge in [0.2, 0.25) is 0 Å². The summed E-state index contributed by atoms with van der Waals surface area (Å²) < 4.78 is 14.8. The summed E-state index contributed by atoms with van der Waals surface area (Å²) in [6.45, 7) is 6.19. The molecule has 0 radical (unpaired) electrons. The molecule has 6 nitrogen and oxygen atoms in total. The second kappa shape index (κ2) is 8.02. The first-order chi connectivity index (χ1) is 16.5. The van der Waals surface area contributed by atoms with Crippen molar-refractivity contribution in [3.8, 4) is 11.3 Å². The standard InChI is InChI=1S/C27H26FN5O/c1-15-13-33(14-15)22-10-17-4-3-5-20(28)24(17)25(22)32-27(34)18-6-7-21(30-12-18)19-8-9-29-26-23(19)16(2)11-31-26/h3-9,11-12,15,22,25H,10,13-14H2,1-2H3,(H,29,31)(H,32,34)/t22-,25+/m1/s1. The number of nitrogens with one attached hydrogen (secondary N) is 2. The largest absolute Gasteiger partial charge is 0.346 e. The Morgan fingerprint density at radius 2 is 2.03 bits per heavy atom. The highest BCUT2D eigenvalue weighted by atomic mass is 19.1. The van der Waals surface area contributed by atoms with Crippen LogP contribution in [-0.4, -0.2) is 44.9 Å². The van der Waals surface area contributed by atoms with Gasteiger partial charge in [-0.15, -0.1) is 0 Å². The molecule has 34 heavy (non-hydrogen) atoms. The van der Waals surface area contributed by atoms with Gasteiger partial charge in [0.25, 0.3) is 5.91 Å². The quantitative estimate of drug-likeness (QED) is 0.478. The predicted octanol–water partition coefficient (Wildman–Crippen LogP) is 4.42. The van der Waals surface area contributed by atoms with Crippen LogP contribution in [0.4, 0.5) is 4.39 Å². The molecule has 1 amide bonds. The molecule has 1 aliphatic carbocycles. The van der Waals surface area contributed by atoms with Crippen molar-refractivity contribution in [3.63, 3.8) is 0 Å². The van der Waals surface area contributed by atoms with Gasteiger partial charge in [-0.1, -0.05) is 19.1 Å². The highest BCUT2D eigenvalue weighted by Gasteiger charge is 2.42. The number of aromatic amines is 1. The highest BCUT2D eigenvalue weighted by Crippen LogP contribution is 2.39. The van der Waals surface area contributed by atoms with E-state index in [2.05, 4.69) is 32.1 Å². The van der Waals surface area contributed by atoms with Gasteiger partial charge in [0.1, 0.15) is 11.5 Å². The topological polar surface area (TPSA) is 73.9 Å². The number of pyridine rings is 2. The molecule has 0 unspecified atom stereocenters. The molecule has 1 aromatic carbocycles. The summed E-state index contributed by atoms with van der Waals surface area (Å²) in [6, 6.07) is 10.5. The van der Waals surface area contributed by atoms with E-state index in [1.54, 1.807) is 24.5 Å². The first-order valence-electron chi connectivity index (χ1n) is 11.7. The van der Waals surface area contributed by atoms with Crippen molar-refractivity contribution in [2.45, 2.75) is 32.4 Å². The maximum atomic E-state index is 14.8. The molecule has 0 bridgehead atoms. The predicted molar refractivity (Wildman–Crippen MR) is 129 cm³/mol. The molecule has 2 atom stereocenters. The van der Waals surface area contributed by atoms with Crippen LogP contribution in [0.25, 0.3) is 22.3 Å². The summed E-state index contributed by atoms with van der Waals surface area (Å²) in [5.74, 6) is 0.136. The van der Waals surface area contributed by atoms with Crippen LogP contribution < -0.4 is 5.32 Å². The third-order valence-electron chi connectivity index (χ3n) is 7.19. The Labute approximate surface area is 197 Å². The lowest BCUT2D eigenvalue weighted by molar-refractivity contribution is 0.0462. The summed E-state index contributed by atoms with van der Waals surface area (Å²) in [6.07, 6.45) is 6.02. The van der Waals surface area contributed by atoms with E-state index >= 15 is 0 Å². The number of likely N-dealkylation sites (tertiary alicyclic amines) is 1. The van der Waals surface area contributed by atoms with Crippen LogP contribution in [-0.2, 0) is 6.42 Å². The Hall–Kier alpha value is -3.58. The molecule has 7 heteroatoms. The number of halogens is 1. The molecular formula is C27H26FN5O. The Morgan fingerprint density at radius 3 is 2.79 bits per heavy atom. The van der Waals surface area contributed by atoms with E-state index in [0.29, 0.717) is 17.0 Å². The average molecular weight is 456 g/mol. The number of aryl methyl sites for hydroxylation is 1. The summed E-state index contributed by atoms with van der Waals surface area (Å²) in [5, 5.41) is 4.15. The normalized spacial score (nSPS) is 20.3. The first-order valence-corrected chi connectivity index (χ1v) is 11.7. The molecule has 1 saturated heterocycles. The molecule has 0 spiro atoms. The van der Waals surface area contributed by atoms with Gasteiger partial charge in [-0.3, -0.25) is 14.7 Å². The maximum absolute atomic E-state index is 14.8. The zero-order chi connectivity index (χ0) is 23.4. The molecule has 2 aliphatic rings. The lowest BCUT2D eigenvalue weighted by atomic mass is 9.96. The Balaban J connectivity index is 1.27. The van der Waals surface area contributed by atoms with E-state index in [1.807, 2.05) is 31.3 Å². The molecule has 6 rings (SSSR count). The van der Waals surface area contributed by atoms with Gasteiger partial charge in [0.05, 0.1) is 17.3 Å². The molecule has 1 fully saturated rings.